The lowest BCUT2D eigenvalue weighted by molar-refractivity contribution is -0.144. The van der Waals surface area contributed by atoms with E-state index in [-0.39, 0.29) is 17.6 Å². The molecule has 0 aromatic rings. The molecule has 0 bridgehead atoms. The van der Waals surface area contributed by atoms with E-state index < -0.39 is 11.5 Å². The smallest absolute Gasteiger partial charge is 0.242 e. The van der Waals surface area contributed by atoms with Gasteiger partial charge in [-0.25, -0.2) is 0 Å². The zero-order valence-electron chi connectivity index (χ0n) is 9.64. The maximum absolute atomic E-state index is 12.3. The minimum absolute atomic E-state index is 0.0549. The van der Waals surface area contributed by atoms with Crippen molar-refractivity contribution in [1.29, 1.82) is 0 Å². The summed E-state index contributed by atoms with van der Waals surface area (Å²) in [7, 11) is 0. The second-order valence-corrected chi connectivity index (χ2v) is 4.53. The summed E-state index contributed by atoms with van der Waals surface area (Å²) in [5.74, 6) is -0.434. The molecular weight excluding hydrogens is 224 g/mol. The van der Waals surface area contributed by atoms with Gasteiger partial charge in [0.25, 0.3) is 0 Å². The molecule has 1 saturated heterocycles. The van der Waals surface area contributed by atoms with Gasteiger partial charge in [-0.1, -0.05) is 5.16 Å². The molecule has 1 aliphatic carbocycles. The number of carbonyl (C=O) groups excluding carboxylic acids is 2. The summed E-state index contributed by atoms with van der Waals surface area (Å²) in [6.45, 7) is 2.59. The zero-order chi connectivity index (χ0) is 12.6. The van der Waals surface area contributed by atoms with Crippen molar-refractivity contribution in [1.82, 2.24) is 10.2 Å². The average molecular weight is 240 g/mol. The van der Waals surface area contributed by atoms with E-state index in [1.807, 2.05) is 0 Å². The van der Waals surface area contributed by atoms with Gasteiger partial charge in [-0.3, -0.25) is 9.59 Å². The third-order valence-electron chi connectivity index (χ3n) is 3.52. The molecule has 7 heteroatoms. The number of amides is 2. The Bertz CT molecular complexity index is 389. The first-order valence-electron chi connectivity index (χ1n) is 5.60. The fraction of sp³-hybridized carbons (Fsp3) is 0.700. The summed E-state index contributed by atoms with van der Waals surface area (Å²) < 4.78 is 0. The van der Waals surface area contributed by atoms with E-state index in [4.69, 9.17) is 10.9 Å². The molecule has 1 aliphatic heterocycles. The highest BCUT2D eigenvalue weighted by atomic mass is 16.4. The Morgan fingerprint density at radius 3 is 2.82 bits per heavy atom. The molecule has 94 valence electrons. The largest absolute Gasteiger partial charge is 0.409 e. The topological polar surface area (TPSA) is 108 Å². The highest BCUT2D eigenvalue weighted by Crippen LogP contribution is 2.47. The van der Waals surface area contributed by atoms with E-state index in [1.54, 1.807) is 6.92 Å². The first kappa shape index (κ1) is 11.7. The minimum Gasteiger partial charge on any atom is -0.409 e. The van der Waals surface area contributed by atoms with Crippen molar-refractivity contribution in [3.8, 4) is 0 Å². The summed E-state index contributed by atoms with van der Waals surface area (Å²) in [6.07, 6.45) is 1.15. The molecule has 1 unspecified atom stereocenters. The van der Waals surface area contributed by atoms with Gasteiger partial charge >= 0.3 is 0 Å². The van der Waals surface area contributed by atoms with Gasteiger partial charge in [-0.2, -0.15) is 0 Å². The lowest BCUT2D eigenvalue weighted by Crippen LogP contribution is -2.58. The predicted molar refractivity (Wildman–Crippen MR) is 59.3 cm³/mol. The monoisotopic (exact) mass is 240 g/mol. The second kappa shape index (κ2) is 3.90. The molecule has 0 aromatic carbocycles. The summed E-state index contributed by atoms with van der Waals surface area (Å²) in [5, 5.41) is 14.3. The molecule has 2 amide bonds. The minimum atomic E-state index is -0.874. The van der Waals surface area contributed by atoms with E-state index in [2.05, 4.69) is 10.5 Å². The predicted octanol–water partition coefficient (Wildman–Crippen LogP) is -1.14. The van der Waals surface area contributed by atoms with Gasteiger partial charge in [-0.15, -0.1) is 0 Å². The average Bonchev–Trinajstić information content (AvgIpc) is 3.12. The molecule has 2 fully saturated rings. The number of oxime groups is 1. The number of amidine groups is 1. The highest BCUT2D eigenvalue weighted by Gasteiger charge is 2.56. The Morgan fingerprint density at radius 1 is 1.65 bits per heavy atom. The van der Waals surface area contributed by atoms with E-state index in [1.165, 1.54) is 4.90 Å². The Kier molecular flexibility index (Phi) is 2.68. The van der Waals surface area contributed by atoms with Crippen LogP contribution in [0.25, 0.3) is 0 Å². The summed E-state index contributed by atoms with van der Waals surface area (Å²) in [5.41, 5.74) is 4.68. The fourth-order valence-electron chi connectivity index (χ4n) is 2.14. The quantitative estimate of drug-likeness (QED) is 0.245. The third-order valence-corrected chi connectivity index (χ3v) is 3.52. The van der Waals surface area contributed by atoms with Crippen molar-refractivity contribution < 1.29 is 14.8 Å². The van der Waals surface area contributed by atoms with Gasteiger partial charge in [0.05, 0.1) is 0 Å². The maximum Gasteiger partial charge on any atom is 0.242 e. The summed E-state index contributed by atoms with van der Waals surface area (Å²) in [4.78, 5) is 25.3. The molecule has 0 radical (unpaired) electrons. The Morgan fingerprint density at radius 2 is 2.29 bits per heavy atom. The van der Waals surface area contributed by atoms with Crippen LogP contribution in [-0.2, 0) is 9.59 Å². The van der Waals surface area contributed by atoms with Crippen molar-refractivity contribution >= 4 is 17.6 Å². The van der Waals surface area contributed by atoms with Gasteiger partial charge in [0, 0.05) is 13.1 Å². The molecule has 0 aromatic heterocycles. The molecule has 17 heavy (non-hydrogen) atoms. The third kappa shape index (κ3) is 1.71. The first-order valence-corrected chi connectivity index (χ1v) is 5.60. The van der Waals surface area contributed by atoms with Gasteiger partial charge in [0.2, 0.25) is 11.8 Å². The van der Waals surface area contributed by atoms with E-state index >= 15 is 0 Å². The van der Waals surface area contributed by atoms with Gasteiger partial charge < -0.3 is 21.2 Å². The number of carbonyl (C=O) groups is 2. The number of nitrogens with two attached hydrogens (primary N) is 1. The first-order chi connectivity index (χ1) is 8.03. The lowest BCUT2D eigenvalue weighted by atomic mass is 10.0. The summed E-state index contributed by atoms with van der Waals surface area (Å²) >= 11 is 0. The summed E-state index contributed by atoms with van der Waals surface area (Å²) in [6, 6.07) is -0.500. The number of nitrogens with one attached hydrogen (secondary N) is 1. The molecule has 2 aliphatic rings. The van der Waals surface area contributed by atoms with Crippen molar-refractivity contribution in [2.45, 2.75) is 25.8 Å². The van der Waals surface area contributed by atoms with Crippen LogP contribution < -0.4 is 11.1 Å². The van der Waals surface area contributed by atoms with E-state index in [9.17, 15) is 9.59 Å². The van der Waals surface area contributed by atoms with Crippen molar-refractivity contribution in [3.63, 3.8) is 0 Å². The number of hydrogen-bond donors (Lipinski definition) is 3. The second-order valence-electron chi connectivity index (χ2n) is 4.53. The van der Waals surface area contributed by atoms with Gasteiger partial charge in [-0.05, 0) is 19.8 Å². The molecule has 1 heterocycles. The van der Waals surface area contributed by atoms with Crippen molar-refractivity contribution in [3.05, 3.63) is 0 Å². The molecule has 1 saturated carbocycles. The van der Waals surface area contributed by atoms with E-state index in [0.717, 1.165) is 0 Å². The van der Waals surface area contributed by atoms with E-state index in [0.29, 0.717) is 25.9 Å². The molecule has 1 atom stereocenters. The number of nitrogens with zero attached hydrogens (tertiary/aromatic N) is 2. The lowest BCUT2D eigenvalue weighted by Gasteiger charge is -2.35. The number of piperazine rings is 1. The van der Waals surface area contributed by atoms with Crippen LogP contribution in [0, 0.1) is 5.41 Å². The molecular formula is C10H16N4O3. The highest BCUT2D eigenvalue weighted by molar-refractivity contribution is 6.10. The molecule has 0 spiro atoms. The Labute approximate surface area is 98.6 Å². The van der Waals surface area contributed by atoms with Crippen LogP contribution in [0.1, 0.15) is 19.8 Å². The molecule has 4 N–H and O–H groups in total. The van der Waals surface area contributed by atoms with Crippen LogP contribution in [0.5, 0.6) is 0 Å². The van der Waals surface area contributed by atoms with Gasteiger partial charge in [0.15, 0.2) is 5.84 Å². The number of hydrogen-bond acceptors (Lipinski definition) is 4. The zero-order valence-corrected chi connectivity index (χ0v) is 9.64. The van der Waals surface area contributed by atoms with Crippen LogP contribution in [0.15, 0.2) is 5.16 Å². The van der Waals surface area contributed by atoms with Crippen molar-refractivity contribution in [2.75, 3.05) is 13.1 Å². The fourth-order valence-corrected chi connectivity index (χ4v) is 2.14. The van der Waals surface area contributed by atoms with Gasteiger partial charge in [0.1, 0.15) is 11.5 Å². The Hall–Kier alpha value is -1.79. The molecule has 7 nitrogen and oxygen atoms in total. The van der Waals surface area contributed by atoms with Crippen LogP contribution >= 0.6 is 0 Å². The van der Waals surface area contributed by atoms with Crippen LogP contribution in [0.3, 0.4) is 0 Å². The molecule has 2 rings (SSSR count). The SMILES string of the molecule is CC1C(=O)NCCN1C(=O)C1(C(N)=NO)CC1. The van der Waals surface area contributed by atoms with Crippen LogP contribution in [-0.4, -0.2) is 46.9 Å². The van der Waals surface area contributed by atoms with Crippen LogP contribution in [0.4, 0.5) is 0 Å². The normalized spacial score (nSPS) is 27.6. The van der Waals surface area contributed by atoms with Crippen molar-refractivity contribution in [2.24, 2.45) is 16.3 Å². The standard InChI is InChI=1S/C10H16N4O3/c1-6-7(15)12-4-5-14(6)9(16)10(2-3-10)8(11)13-17/h6,17H,2-5H2,1H3,(H2,11,13)(H,12,15). The van der Waals surface area contributed by atoms with Crippen LogP contribution in [0.2, 0.25) is 0 Å². The Balaban J connectivity index is 2.18. The maximum atomic E-state index is 12.3. The number of rotatable bonds is 2.